The highest BCUT2D eigenvalue weighted by molar-refractivity contribution is 4.86. The molecule has 2 saturated carbocycles. The van der Waals surface area contributed by atoms with Gasteiger partial charge in [0.15, 0.2) is 0 Å². The van der Waals surface area contributed by atoms with Crippen LogP contribution in [0.4, 0.5) is 0 Å². The molecule has 0 amide bonds. The fourth-order valence-electron chi connectivity index (χ4n) is 4.51. The molecule has 4 atom stereocenters. The molecule has 1 heteroatoms. The summed E-state index contributed by atoms with van der Waals surface area (Å²) in [6, 6.07) is 0. The lowest BCUT2D eigenvalue weighted by molar-refractivity contribution is 0.0923. The van der Waals surface area contributed by atoms with Crippen molar-refractivity contribution in [2.45, 2.75) is 58.8 Å². The molecule has 0 aromatic carbocycles. The van der Waals surface area contributed by atoms with Crippen molar-refractivity contribution in [3.05, 3.63) is 0 Å². The maximum Gasteiger partial charge on any atom is -0.00461 e. The molecule has 0 bridgehead atoms. The van der Waals surface area contributed by atoms with Crippen LogP contribution in [0.1, 0.15) is 58.8 Å². The normalized spacial score (nSPS) is 45.6. The monoisotopic (exact) mass is 223 g/mol. The molecule has 0 spiro atoms. The standard InChI is InChI=1S/C15H29N/c1-11-7-12(2)9-14(8-11)15-6-4-3-5-13(15)10-16/h11-15H,3-10,16H2,1-2H3. The van der Waals surface area contributed by atoms with Gasteiger partial charge in [-0.15, -0.1) is 0 Å². The maximum absolute atomic E-state index is 5.97. The molecular weight excluding hydrogens is 194 g/mol. The Balaban J connectivity index is 1.98. The van der Waals surface area contributed by atoms with Crippen LogP contribution in [0, 0.1) is 29.6 Å². The van der Waals surface area contributed by atoms with E-state index >= 15 is 0 Å². The maximum atomic E-state index is 5.97. The van der Waals surface area contributed by atoms with Gasteiger partial charge in [-0.2, -0.15) is 0 Å². The Morgan fingerprint density at radius 1 is 0.938 bits per heavy atom. The molecule has 0 radical (unpaired) electrons. The van der Waals surface area contributed by atoms with Crippen LogP contribution in [-0.4, -0.2) is 6.54 Å². The second kappa shape index (κ2) is 5.53. The Hall–Kier alpha value is -0.0400. The van der Waals surface area contributed by atoms with Crippen LogP contribution >= 0.6 is 0 Å². The highest BCUT2D eigenvalue weighted by Gasteiger charge is 2.34. The van der Waals surface area contributed by atoms with Gasteiger partial charge in [0.05, 0.1) is 0 Å². The molecule has 0 heterocycles. The molecule has 16 heavy (non-hydrogen) atoms. The number of rotatable bonds is 2. The van der Waals surface area contributed by atoms with Gasteiger partial charge in [0.25, 0.3) is 0 Å². The smallest absolute Gasteiger partial charge is 0.00461 e. The molecule has 2 fully saturated rings. The van der Waals surface area contributed by atoms with Crippen molar-refractivity contribution < 1.29 is 0 Å². The van der Waals surface area contributed by atoms with E-state index in [1.165, 1.54) is 44.9 Å². The van der Waals surface area contributed by atoms with Gasteiger partial charge < -0.3 is 5.73 Å². The summed E-state index contributed by atoms with van der Waals surface area (Å²) in [7, 11) is 0. The SMILES string of the molecule is CC1CC(C)CC(C2CCCCC2CN)C1. The first-order valence-corrected chi connectivity index (χ1v) is 7.40. The number of hydrogen-bond acceptors (Lipinski definition) is 1. The molecule has 4 unspecified atom stereocenters. The lowest BCUT2D eigenvalue weighted by Gasteiger charge is -2.42. The zero-order chi connectivity index (χ0) is 11.5. The van der Waals surface area contributed by atoms with Gasteiger partial charge in [-0.05, 0) is 68.2 Å². The van der Waals surface area contributed by atoms with E-state index in [9.17, 15) is 0 Å². The first kappa shape index (κ1) is 12.4. The van der Waals surface area contributed by atoms with Crippen molar-refractivity contribution in [3.8, 4) is 0 Å². The Labute approximate surface area is 101 Å². The van der Waals surface area contributed by atoms with E-state index in [1.807, 2.05) is 0 Å². The number of hydrogen-bond donors (Lipinski definition) is 1. The van der Waals surface area contributed by atoms with Crippen molar-refractivity contribution in [1.29, 1.82) is 0 Å². The topological polar surface area (TPSA) is 26.0 Å². The van der Waals surface area contributed by atoms with Crippen molar-refractivity contribution in [2.75, 3.05) is 6.54 Å². The van der Waals surface area contributed by atoms with Gasteiger partial charge in [-0.25, -0.2) is 0 Å². The second-order valence-corrected chi connectivity index (χ2v) is 6.62. The third kappa shape index (κ3) is 2.80. The van der Waals surface area contributed by atoms with E-state index < -0.39 is 0 Å². The highest BCUT2D eigenvalue weighted by Crippen LogP contribution is 2.44. The summed E-state index contributed by atoms with van der Waals surface area (Å²) in [5.41, 5.74) is 5.97. The first-order valence-electron chi connectivity index (χ1n) is 7.40. The molecule has 0 aromatic rings. The predicted octanol–water partition coefficient (Wildman–Crippen LogP) is 3.82. The summed E-state index contributed by atoms with van der Waals surface area (Å²) in [4.78, 5) is 0. The van der Waals surface area contributed by atoms with Crippen LogP contribution in [0.2, 0.25) is 0 Å². The summed E-state index contributed by atoms with van der Waals surface area (Å²) < 4.78 is 0. The molecule has 0 aromatic heterocycles. The molecule has 2 aliphatic rings. The van der Waals surface area contributed by atoms with Gasteiger partial charge in [-0.3, -0.25) is 0 Å². The van der Waals surface area contributed by atoms with E-state index in [0.29, 0.717) is 0 Å². The summed E-state index contributed by atoms with van der Waals surface area (Å²) in [6.07, 6.45) is 10.2. The van der Waals surface area contributed by atoms with Crippen molar-refractivity contribution >= 4 is 0 Å². The first-order chi connectivity index (χ1) is 7.70. The van der Waals surface area contributed by atoms with Crippen LogP contribution in [0.25, 0.3) is 0 Å². The van der Waals surface area contributed by atoms with Crippen molar-refractivity contribution in [1.82, 2.24) is 0 Å². The van der Waals surface area contributed by atoms with E-state index in [4.69, 9.17) is 5.73 Å². The molecule has 94 valence electrons. The third-order valence-corrected chi connectivity index (χ3v) is 5.09. The van der Waals surface area contributed by atoms with E-state index in [-0.39, 0.29) is 0 Å². The minimum atomic E-state index is 0.844. The lowest BCUT2D eigenvalue weighted by atomic mass is 9.64. The van der Waals surface area contributed by atoms with Crippen LogP contribution in [0.5, 0.6) is 0 Å². The van der Waals surface area contributed by atoms with Crippen molar-refractivity contribution in [2.24, 2.45) is 35.3 Å². The molecule has 2 aliphatic carbocycles. The Morgan fingerprint density at radius 3 is 2.19 bits per heavy atom. The van der Waals surface area contributed by atoms with Crippen LogP contribution in [-0.2, 0) is 0 Å². The summed E-state index contributed by atoms with van der Waals surface area (Å²) >= 11 is 0. The van der Waals surface area contributed by atoms with Crippen molar-refractivity contribution in [3.63, 3.8) is 0 Å². The molecular formula is C15H29N. The Bertz CT molecular complexity index is 203. The summed E-state index contributed by atoms with van der Waals surface area (Å²) in [5, 5.41) is 0. The van der Waals surface area contributed by atoms with Gasteiger partial charge in [-0.1, -0.05) is 26.7 Å². The van der Waals surface area contributed by atoms with Gasteiger partial charge >= 0.3 is 0 Å². The Kier molecular flexibility index (Phi) is 4.29. The van der Waals surface area contributed by atoms with Gasteiger partial charge in [0.1, 0.15) is 0 Å². The molecule has 2 rings (SSSR count). The molecule has 0 saturated heterocycles. The molecule has 2 N–H and O–H groups in total. The summed E-state index contributed by atoms with van der Waals surface area (Å²) in [6.45, 7) is 5.83. The van der Waals surface area contributed by atoms with Gasteiger partial charge in [0, 0.05) is 0 Å². The average Bonchev–Trinajstić information content (AvgIpc) is 2.27. The fraction of sp³-hybridized carbons (Fsp3) is 1.00. The highest BCUT2D eigenvalue weighted by atomic mass is 14.6. The van der Waals surface area contributed by atoms with E-state index in [2.05, 4.69) is 13.8 Å². The third-order valence-electron chi connectivity index (χ3n) is 5.09. The fourth-order valence-corrected chi connectivity index (χ4v) is 4.51. The molecule has 0 aliphatic heterocycles. The second-order valence-electron chi connectivity index (χ2n) is 6.62. The quantitative estimate of drug-likeness (QED) is 0.756. The van der Waals surface area contributed by atoms with E-state index in [1.54, 1.807) is 0 Å². The zero-order valence-electron chi connectivity index (χ0n) is 11.1. The van der Waals surface area contributed by atoms with Gasteiger partial charge in [0.2, 0.25) is 0 Å². The molecule has 1 nitrogen and oxygen atoms in total. The predicted molar refractivity (Wildman–Crippen MR) is 70.2 cm³/mol. The van der Waals surface area contributed by atoms with E-state index in [0.717, 1.165) is 36.1 Å². The van der Waals surface area contributed by atoms with Crippen LogP contribution in [0.3, 0.4) is 0 Å². The Morgan fingerprint density at radius 2 is 1.56 bits per heavy atom. The van der Waals surface area contributed by atoms with Crippen LogP contribution < -0.4 is 5.73 Å². The average molecular weight is 223 g/mol. The zero-order valence-corrected chi connectivity index (χ0v) is 11.1. The largest absolute Gasteiger partial charge is 0.330 e. The lowest BCUT2D eigenvalue weighted by Crippen LogP contribution is -2.35. The minimum absolute atomic E-state index is 0.844. The minimum Gasteiger partial charge on any atom is -0.330 e. The van der Waals surface area contributed by atoms with Crippen LogP contribution in [0.15, 0.2) is 0 Å². The summed E-state index contributed by atoms with van der Waals surface area (Å²) in [5.74, 6) is 4.70. The number of nitrogens with two attached hydrogens (primary N) is 1.